The van der Waals surface area contributed by atoms with E-state index >= 15 is 0 Å². The first-order chi connectivity index (χ1) is 9.24. The third kappa shape index (κ3) is 2.87. The molecule has 5 nitrogen and oxygen atoms in total. The van der Waals surface area contributed by atoms with Crippen LogP contribution in [-0.2, 0) is 0 Å². The van der Waals surface area contributed by atoms with Gasteiger partial charge in [-0.1, -0.05) is 6.07 Å². The molecule has 0 amide bonds. The topological polar surface area (TPSA) is 87.1 Å². The lowest BCUT2D eigenvalue weighted by Crippen LogP contribution is -2.11. The number of rotatable bonds is 2. The summed E-state index contributed by atoms with van der Waals surface area (Å²) in [6.07, 6.45) is 3.24. The van der Waals surface area contributed by atoms with Gasteiger partial charge in [0, 0.05) is 30.4 Å². The van der Waals surface area contributed by atoms with E-state index in [0.717, 1.165) is 16.6 Å². The SMILES string of the molecule is CN=C(C=C(N)C#N)Nc1cccc2ncccc12. The molecule has 0 saturated carbocycles. The van der Waals surface area contributed by atoms with Crippen LogP contribution in [0.3, 0.4) is 0 Å². The quantitative estimate of drug-likeness (QED) is 0.485. The second-order valence-electron chi connectivity index (χ2n) is 3.82. The lowest BCUT2D eigenvalue weighted by molar-refractivity contribution is 1.37. The van der Waals surface area contributed by atoms with E-state index < -0.39 is 0 Å². The van der Waals surface area contributed by atoms with Gasteiger partial charge in [-0.3, -0.25) is 9.98 Å². The predicted molar refractivity (Wildman–Crippen MR) is 76.6 cm³/mol. The fourth-order valence-electron chi connectivity index (χ4n) is 1.69. The van der Waals surface area contributed by atoms with E-state index in [2.05, 4.69) is 15.3 Å². The number of hydrogen-bond acceptors (Lipinski definition) is 4. The number of nitrogens with one attached hydrogen (secondary N) is 1. The van der Waals surface area contributed by atoms with Crippen LogP contribution in [-0.4, -0.2) is 17.9 Å². The average Bonchev–Trinajstić information content (AvgIpc) is 2.46. The van der Waals surface area contributed by atoms with Crippen LogP contribution in [0.15, 0.2) is 53.3 Å². The molecular weight excluding hydrogens is 238 g/mol. The van der Waals surface area contributed by atoms with Gasteiger partial charge in [0.1, 0.15) is 17.6 Å². The van der Waals surface area contributed by atoms with Crippen molar-refractivity contribution in [2.45, 2.75) is 0 Å². The third-order valence-electron chi connectivity index (χ3n) is 2.57. The van der Waals surface area contributed by atoms with Crippen LogP contribution in [0.5, 0.6) is 0 Å². The van der Waals surface area contributed by atoms with E-state index in [9.17, 15) is 0 Å². The van der Waals surface area contributed by atoms with Crippen molar-refractivity contribution in [2.24, 2.45) is 10.7 Å². The lowest BCUT2D eigenvalue weighted by Gasteiger charge is -2.09. The highest BCUT2D eigenvalue weighted by Gasteiger charge is 2.03. The number of aliphatic imine (C=N–C) groups is 1. The summed E-state index contributed by atoms with van der Waals surface area (Å²) in [4.78, 5) is 8.34. The number of nitriles is 1. The van der Waals surface area contributed by atoms with E-state index in [0.29, 0.717) is 5.84 Å². The first-order valence-corrected chi connectivity index (χ1v) is 5.69. The van der Waals surface area contributed by atoms with Crippen LogP contribution in [0.2, 0.25) is 0 Å². The highest BCUT2D eigenvalue weighted by atomic mass is 15.0. The van der Waals surface area contributed by atoms with E-state index in [1.54, 1.807) is 13.2 Å². The Morgan fingerprint density at radius 2 is 2.26 bits per heavy atom. The normalized spacial score (nSPS) is 12.2. The molecule has 3 N–H and O–H groups in total. The van der Waals surface area contributed by atoms with Crippen molar-refractivity contribution >= 4 is 22.4 Å². The molecule has 1 heterocycles. The van der Waals surface area contributed by atoms with Gasteiger partial charge < -0.3 is 11.1 Å². The zero-order valence-electron chi connectivity index (χ0n) is 10.5. The summed E-state index contributed by atoms with van der Waals surface area (Å²) >= 11 is 0. The predicted octanol–water partition coefficient (Wildman–Crippen LogP) is 2.04. The molecule has 94 valence electrons. The molecule has 0 aliphatic rings. The molecule has 0 unspecified atom stereocenters. The van der Waals surface area contributed by atoms with Crippen molar-refractivity contribution in [3.8, 4) is 6.07 Å². The monoisotopic (exact) mass is 251 g/mol. The van der Waals surface area contributed by atoms with Gasteiger partial charge in [0.25, 0.3) is 0 Å². The van der Waals surface area contributed by atoms with Gasteiger partial charge in [-0.2, -0.15) is 5.26 Å². The Kier molecular flexibility index (Phi) is 3.74. The molecule has 0 aliphatic carbocycles. The van der Waals surface area contributed by atoms with Crippen molar-refractivity contribution < 1.29 is 0 Å². The van der Waals surface area contributed by atoms with Crippen LogP contribution in [0.25, 0.3) is 10.9 Å². The smallest absolute Gasteiger partial charge is 0.127 e. The number of pyridine rings is 1. The van der Waals surface area contributed by atoms with E-state index in [4.69, 9.17) is 11.0 Å². The number of hydrogen-bond donors (Lipinski definition) is 2. The number of benzene rings is 1. The minimum absolute atomic E-state index is 0.103. The maximum Gasteiger partial charge on any atom is 0.127 e. The van der Waals surface area contributed by atoms with Gasteiger partial charge in [-0.15, -0.1) is 0 Å². The minimum Gasteiger partial charge on any atom is -0.390 e. The number of allylic oxidation sites excluding steroid dienone is 1. The number of fused-ring (bicyclic) bond motifs is 1. The summed E-state index contributed by atoms with van der Waals surface area (Å²) in [7, 11) is 1.63. The Bertz CT molecular complexity index is 689. The maximum absolute atomic E-state index is 8.68. The van der Waals surface area contributed by atoms with Crippen molar-refractivity contribution in [3.05, 3.63) is 48.3 Å². The molecule has 2 aromatic rings. The van der Waals surface area contributed by atoms with Gasteiger partial charge in [0.05, 0.1) is 5.52 Å². The fourth-order valence-corrected chi connectivity index (χ4v) is 1.69. The summed E-state index contributed by atoms with van der Waals surface area (Å²) < 4.78 is 0. The minimum atomic E-state index is 0.103. The fraction of sp³-hybridized carbons (Fsp3) is 0.0714. The van der Waals surface area contributed by atoms with E-state index in [-0.39, 0.29) is 5.70 Å². The van der Waals surface area contributed by atoms with Crippen LogP contribution in [0.4, 0.5) is 5.69 Å². The standard InChI is InChI=1S/C14H13N5/c1-17-14(8-10(16)9-15)19-13-6-2-5-12-11(13)4-3-7-18-12/h2-8H,16H2,1H3,(H,17,19). The van der Waals surface area contributed by atoms with Crippen LogP contribution in [0, 0.1) is 11.3 Å². The Morgan fingerprint density at radius 1 is 1.42 bits per heavy atom. The Hall–Kier alpha value is -2.87. The largest absolute Gasteiger partial charge is 0.390 e. The third-order valence-corrected chi connectivity index (χ3v) is 2.57. The van der Waals surface area contributed by atoms with Gasteiger partial charge in [0.15, 0.2) is 0 Å². The molecule has 0 radical (unpaired) electrons. The molecule has 0 spiro atoms. The van der Waals surface area contributed by atoms with Crippen molar-refractivity contribution in [1.82, 2.24) is 4.98 Å². The number of aromatic nitrogens is 1. The Morgan fingerprint density at radius 3 is 3.00 bits per heavy atom. The Balaban J connectivity index is 2.39. The molecule has 2 rings (SSSR count). The molecule has 0 aliphatic heterocycles. The van der Waals surface area contributed by atoms with E-state index in [1.165, 1.54) is 6.08 Å². The molecule has 1 aromatic heterocycles. The van der Waals surface area contributed by atoms with Crippen LogP contribution in [0.1, 0.15) is 0 Å². The second kappa shape index (κ2) is 5.65. The summed E-state index contributed by atoms with van der Waals surface area (Å²) in [5, 5.41) is 12.8. The van der Waals surface area contributed by atoms with Crippen LogP contribution < -0.4 is 11.1 Å². The first kappa shape index (κ1) is 12.6. The number of nitrogens with zero attached hydrogens (tertiary/aromatic N) is 3. The van der Waals surface area contributed by atoms with Gasteiger partial charge in [-0.25, -0.2) is 0 Å². The molecule has 19 heavy (non-hydrogen) atoms. The number of anilines is 1. The highest BCUT2D eigenvalue weighted by molar-refractivity contribution is 6.08. The Labute approximate surface area is 111 Å². The summed E-state index contributed by atoms with van der Waals surface area (Å²) in [6, 6.07) is 11.5. The number of amidine groups is 1. The van der Waals surface area contributed by atoms with Crippen molar-refractivity contribution in [2.75, 3.05) is 12.4 Å². The van der Waals surface area contributed by atoms with Gasteiger partial charge >= 0.3 is 0 Å². The van der Waals surface area contributed by atoms with Gasteiger partial charge in [0.2, 0.25) is 0 Å². The molecule has 1 aromatic carbocycles. The average molecular weight is 251 g/mol. The van der Waals surface area contributed by atoms with E-state index in [1.807, 2.05) is 36.4 Å². The second-order valence-corrected chi connectivity index (χ2v) is 3.82. The summed E-state index contributed by atoms with van der Waals surface area (Å²) in [5.41, 5.74) is 7.34. The van der Waals surface area contributed by atoms with Gasteiger partial charge in [-0.05, 0) is 24.3 Å². The molecule has 0 saturated heterocycles. The lowest BCUT2D eigenvalue weighted by atomic mass is 10.2. The molecule has 5 heteroatoms. The highest BCUT2D eigenvalue weighted by Crippen LogP contribution is 2.21. The van der Waals surface area contributed by atoms with Crippen LogP contribution >= 0.6 is 0 Å². The summed E-state index contributed by atoms with van der Waals surface area (Å²) in [6.45, 7) is 0. The molecule has 0 fully saturated rings. The molecular formula is C14H13N5. The first-order valence-electron chi connectivity index (χ1n) is 5.69. The summed E-state index contributed by atoms with van der Waals surface area (Å²) in [5.74, 6) is 0.524. The molecule has 0 bridgehead atoms. The molecule has 0 atom stereocenters. The van der Waals surface area contributed by atoms with Crippen molar-refractivity contribution in [1.29, 1.82) is 5.26 Å². The maximum atomic E-state index is 8.68. The van der Waals surface area contributed by atoms with Crippen molar-refractivity contribution in [3.63, 3.8) is 0 Å². The number of nitrogens with two attached hydrogens (primary N) is 1. The zero-order valence-corrected chi connectivity index (χ0v) is 10.5. The zero-order chi connectivity index (χ0) is 13.7.